The van der Waals surface area contributed by atoms with Gasteiger partial charge in [0, 0.05) is 12.6 Å². The number of nitrogens with zero attached hydrogens (tertiary/aromatic N) is 1. The van der Waals surface area contributed by atoms with Gasteiger partial charge >= 0.3 is 0 Å². The molecule has 0 aromatic rings. The van der Waals surface area contributed by atoms with Crippen molar-refractivity contribution >= 4 is 0 Å². The minimum atomic E-state index is 0.461. The first-order chi connectivity index (χ1) is 7.24. The van der Waals surface area contributed by atoms with Gasteiger partial charge in [0.2, 0.25) is 0 Å². The van der Waals surface area contributed by atoms with Crippen molar-refractivity contribution in [1.29, 1.82) is 0 Å². The number of hydrogen-bond acceptors (Lipinski definition) is 2. The fourth-order valence-corrected chi connectivity index (χ4v) is 2.91. The van der Waals surface area contributed by atoms with E-state index in [1.807, 2.05) is 0 Å². The first-order valence-electron chi connectivity index (χ1n) is 6.38. The van der Waals surface area contributed by atoms with Crippen molar-refractivity contribution in [3.63, 3.8) is 0 Å². The Morgan fingerprint density at radius 2 is 2.00 bits per heavy atom. The first kappa shape index (κ1) is 11.2. The Balaban J connectivity index is 1.74. The van der Waals surface area contributed by atoms with Gasteiger partial charge in [-0.05, 0) is 57.5 Å². The van der Waals surface area contributed by atoms with E-state index in [1.165, 1.54) is 63.7 Å². The molecule has 0 amide bonds. The number of rotatable bonds is 2. The first-order valence-corrected chi connectivity index (χ1v) is 6.38. The Morgan fingerprint density at radius 3 is 2.67 bits per heavy atom. The topological polar surface area (TPSA) is 29.3 Å². The van der Waals surface area contributed by atoms with E-state index in [2.05, 4.69) is 11.5 Å². The molecule has 1 aliphatic carbocycles. The molecule has 0 bridgehead atoms. The predicted molar refractivity (Wildman–Crippen MR) is 64.7 cm³/mol. The fourth-order valence-electron chi connectivity index (χ4n) is 2.91. The second kappa shape index (κ2) is 5.13. The quantitative estimate of drug-likeness (QED) is 0.705. The van der Waals surface area contributed by atoms with Crippen LogP contribution in [0, 0.1) is 5.92 Å². The average molecular weight is 208 g/mol. The maximum Gasteiger partial charge on any atom is 0.00631 e. The average Bonchev–Trinajstić information content (AvgIpc) is 2.22. The Hall–Kier alpha value is -0.340. The number of likely N-dealkylation sites (tertiary alicyclic amines) is 1. The van der Waals surface area contributed by atoms with Crippen molar-refractivity contribution in [3.8, 4) is 0 Å². The highest BCUT2D eigenvalue weighted by molar-refractivity contribution is 4.99. The summed E-state index contributed by atoms with van der Waals surface area (Å²) in [5.74, 6) is 0.876. The molecule has 2 nitrogen and oxygen atoms in total. The summed E-state index contributed by atoms with van der Waals surface area (Å²) in [7, 11) is 0. The highest BCUT2D eigenvalue weighted by Gasteiger charge is 2.21. The maximum atomic E-state index is 5.91. The zero-order valence-corrected chi connectivity index (χ0v) is 9.75. The highest BCUT2D eigenvalue weighted by atomic mass is 15.1. The number of nitrogens with two attached hydrogens (primary N) is 1. The van der Waals surface area contributed by atoms with E-state index in [1.54, 1.807) is 0 Å². The van der Waals surface area contributed by atoms with Crippen molar-refractivity contribution in [2.75, 3.05) is 19.6 Å². The summed E-state index contributed by atoms with van der Waals surface area (Å²) in [6.45, 7) is 7.84. The van der Waals surface area contributed by atoms with Gasteiger partial charge < -0.3 is 10.6 Å². The Bertz CT molecular complexity index is 217. The summed E-state index contributed by atoms with van der Waals surface area (Å²) in [6.07, 6.45) is 7.67. The number of allylic oxidation sites excluding steroid dienone is 1. The van der Waals surface area contributed by atoms with Crippen molar-refractivity contribution in [1.82, 2.24) is 4.90 Å². The standard InChI is InChI=1S/C13H24N2/c1-11-3-2-4-12(9-11)10-15-7-5-13(14)6-8-15/h12-13H,1-10,14H2. The molecule has 1 saturated carbocycles. The monoisotopic (exact) mass is 208 g/mol. The molecule has 2 N–H and O–H groups in total. The molecule has 0 aromatic heterocycles. The third-order valence-electron chi connectivity index (χ3n) is 3.87. The minimum absolute atomic E-state index is 0.461. The van der Waals surface area contributed by atoms with E-state index in [4.69, 9.17) is 5.73 Å². The lowest BCUT2D eigenvalue weighted by Crippen LogP contribution is -2.42. The molecule has 0 radical (unpaired) electrons. The van der Waals surface area contributed by atoms with E-state index in [9.17, 15) is 0 Å². The van der Waals surface area contributed by atoms with E-state index < -0.39 is 0 Å². The SMILES string of the molecule is C=C1CCCC(CN2CCC(N)CC2)C1. The summed E-state index contributed by atoms with van der Waals surface area (Å²) >= 11 is 0. The van der Waals surface area contributed by atoms with Crippen LogP contribution in [0.15, 0.2) is 12.2 Å². The van der Waals surface area contributed by atoms with Gasteiger partial charge in [0.25, 0.3) is 0 Å². The maximum absolute atomic E-state index is 5.91. The molecule has 1 unspecified atom stereocenters. The molecule has 2 rings (SSSR count). The van der Waals surface area contributed by atoms with Crippen molar-refractivity contribution in [3.05, 3.63) is 12.2 Å². The van der Waals surface area contributed by atoms with Crippen LogP contribution in [0.1, 0.15) is 38.5 Å². The van der Waals surface area contributed by atoms with Crippen LogP contribution in [0.25, 0.3) is 0 Å². The Kier molecular flexibility index (Phi) is 3.81. The summed E-state index contributed by atoms with van der Waals surface area (Å²) < 4.78 is 0. The van der Waals surface area contributed by atoms with Crippen LogP contribution in [0.3, 0.4) is 0 Å². The molecule has 2 aliphatic rings. The zero-order chi connectivity index (χ0) is 10.7. The molecule has 2 fully saturated rings. The van der Waals surface area contributed by atoms with Gasteiger partial charge in [0.1, 0.15) is 0 Å². The van der Waals surface area contributed by atoms with Gasteiger partial charge in [-0.25, -0.2) is 0 Å². The number of hydrogen-bond donors (Lipinski definition) is 1. The predicted octanol–water partition coefficient (Wildman–Crippen LogP) is 2.16. The largest absolute Gasteiger partial charge is 0.328 e. The lowest BCUT2D eigenvalue weighted by atomic mass is 9.85. The van der Waals surface area contributed by atoms with Crippen LogP contribution in [-0.4, -0.2) is 30.6 Å². The zero-order valence-electron chi connectivity index (χ0n) is 9.75. The fraction of sp³-hybridized carbons (Fsp3) is 0.846. The van der Waals surface area contributed by atoms with Crippen LogP contribution >= 0.6 is 0 Å². The summed E-state index contributed by atoms with van der Waals surface area (Å²) in [4.78, 5) is 2.60. The van der Waals surface area contributed by atoms with Crippen molar-refractivity contribution < 1.29 is 0 Å². The summed E-state index contributed by atoms with van der Waals surface area (Å²) in [6, 6.07) is 0.461. The van der Waals surface area contributed by atoms with E-state index in [-0.39, 0.29) is 0 Å². The molecule has 1 atom stereocenters. The van der Waals surface area contributed by atoms with Gasteiger partial charge in [0.05, 0.1) is 0 Å². The van der Waals surface area contributed by atoms with Crippen LogP contribution in [0.4, 0.5) is 0 Å². The second-order valence-corrected chi connectivity index (χ2v) is 5.35. The molecule has 2 heteroatoms. The van der Waals surface area contributed by atoms with Gasteiger partial charge in [0.15, 0.2) is 0 Å². The Labute approximate surface area is 93.5 Å². The van der Waals surface area contributed by atoms with E-state index in [0.717, 1.165) is 5.92 Å². The molecule has 1 heterocycles. The molecule has 1 saturated heterocycles. The summed E-state index contributed by atoms with van der Waals surface area (Å²) in [5, 5.41) is 0. The molecule has 1 aliphatic heterocycles. The minimum Gasteiger partial charge on any atom is -0.328 e. The molecule has 0 spiro atoms. The molecule has 15 heavy (non-hydrogen) atoms. The van der Waals surface area contributed by atoms with Crippen molar-refractivity contribution in [2.45, 2.75) is 44.6 Å². The third-order valence-corrected chi connectivity index (χ3v) is 3.87. The molecular formula is C13H24N2. The smallest absolute Gasteiger partial charge is 0.00631 e. The molecular weight excluding hydrogens is 184 g/mol. The van der Waals surface area contributed by atoms with Crippen LogP contribution in [0.2, 0.25) is 0 Å². The normalized spacial score (nSPS) is 30.7. The molecule has 86 valence electrons. The second-order valence-electron chi connectivity index (χ2n) is 5.35. The van der Waals surface area contributed by atoms with Gasteiger partial charge in [-0.15, -0.1) is 0 Å². The van der Waals surface area contributed by atoms with Crippen LogP contribution < -0.4 is 5.73 Å². The number of piperidine rings is 1. The van der Waals surface area contributed by atoms with Gasteiger partial charge in [-0.2, -0.15) is 0 Å². The highest BCUT2D eigenvalue weighted by Crippen LogP contribution is 2.28. The van der Waals surface area contributed by atoms with Crippen LogP contribution in [-0.2, 0) is 0 Å². The van der Waals surface area contributed by atoms with E-state index in [0.29, 0.717) is 6.04 Å². The summed E-state index contributed by atoms with van der Waals surface area (Å²) in [5.41, 5.74) is 7.38. The van der Waals surface area contributed by atoms with E-state index >= 15 is 0 Å². The lowest BCUT2D eigenvalue weighted by Gasteiger charge is -2.34. The van der Waals surface area contributed by atoms with Gasteiger partial charge in [-0.3, -0.25) is 0 Å². The van der Waals surface area contributed by atoms with Crippen LogP contribution in [0.5, 0.6) is 0 Å². The van der Waals surface area contributed by atoms with Gasteiger partial charge in [-0.1, -0.05) is 12.2 Å². The lowest BCUT2D eigenvalue weighted by molar-refractivity contribution is 0.173. The molecule has 0 aromatic carbocycles. The third kappa shape index (κ3) is 3.32. The Morgan fingerprint density at radius 1 is 1.27 bits per heavy atom. The van der Waals surface area contributed by atoms with Crippen molar-refractivity contribution in [2.24, 2.45) is 11.7 Å².